The highest BCUT2D eigenvalue weighted by molar-refractivity contribution is 5.69. The van der Waals surface area contributed by atoms with Gasteiger partial charge in [0.2, 0.25) is 0 Å². The number of nitrogens with zero attached hydrogens (tertiary/aromatic N) is 2. The van der Waals surface area contributed by atoms with Crippen LogP contribution < -0.4 is 5.73 Å². The fourth-order valence-electron chi connectivity index (χ4n) is 2.94. The molecule has 0 aliphatic heterocycles. The molecule has 21 heavy (non-hydrogen) atoms. The third-order valence-electron chi connectivity index (χ3n) is 4.05. The van der Waals surface area contributed by atoms with E-state index in [0.717, 1.165) is 24.2 Å². The van der Waals surface area contributed by atoms with E-state index in [1.165, 1.54) is 11.1 Å². The lowest BCUT2D eigenvalue weighted by atomic mass is 10.1. The topological polar surface area (TPSA) is 64.9 Å². The van der Waals surface area contributed by atoms with E-state index in [9.17, 15) is 0 Å². The predicted molar refractivity (Wildman–Crippen MR) is 80.7 cm³/mol. The molecule has 1 aromatic heterocycles. The monoisotopic (exact) mass is 277 g/mol. The quantitative estimate of drug-likeness (QED) is 0.730. The summed E-state index contributed by atoms with van der Waals surface area (Å²) in [6.45, 7) is 0. The Balaban J connectivity index is 1.63. The van der Waals surface area contributed by atoms with Gasteiger partial charge in [0, 0.05) is 11.6 Å². The number of para-hydroxylation sites is 1. The summed E-state index contributed by atoms with van der Waals surface area (Å²) in [4.78, 5) is 4.55. The average Bonchev–Trinajstić information content (AvgIpc) is 3.14. The van der Waals surface area contributed by atoms with Crippen LogP contribution in [0.15, 0.2) is 53.1 Å². The third kappa shape index (κ3) is 2.09. The summed E-state index contributed by atoms with van der Waals surface area (Å²) in [6.07, 6.45) is 1.94. The van der Waals surface area contributed by atoms with Crippen molar-refractivity contribution in [2.24, 2.45) is 0 Å². The maximum atomic E-state index is 5.96. The lowest BCUT2D eigenvalue weighted by molar-refractivity contribution is 0.416. The first-order chi connectivity index (χ1) is 10.3. The van der Waals surface area contributed by atoms with Gasteiger partial charge in [0.25, 0.3) is 5.89 Å². The van der Waals surface area contributed by atoms with Gasteiger partial charge in [-0.2, -0.15) is 4.98 Å². The number of anilines is 1. The number of fused-ring (bicyclic) bond motifs is 1. The van der Waals surface area contributed by atoms with Gasteiger partial charge in [0.1, 0.15) is 0 Å². The standard InChI is InChI=1S/C17H15N3O/c18-15-8-4-3-7-14(15)17-19-16(20-21-17)13-9-11-5-1-2-6-12(11)10-13/h1-8,13H,9-10,18H2. The molecule has 0 bridgehead atoms. The first-order valence-electron chi connectivity index (χ1n) is 7.06. The molecular formula is C17H15N3O. The van der Waals surface area contributed by atoms with E-state index < -0.39 is 0 Å². The van der Waals surface area contributed by atoms with Crippen molar-refractivity contribution in [1.29, 1.82) is 0 Å². The van der Waals surface area contributed by atoms with Crippen molar-refractivity contribution in [3.8, 4) is 11.5 Å². The Morgan fingerprint density at radius 3 is 2.33 bits per heavy atom. The molecule has 0 saturated heterocycles. The average molecular weight is 277 g/mol. The predicted octanol–water partition coefficient (Wildman–Crippen LogP) is 3.20. The molecule has 1 heterocycles. The molecule has 2 aromatic carbocycles. The molecule has 0 radical (unpaired) electrons. The van der Waals surface area contributed by atoms with E-state index >= 15 is 0 Å². The van der Waals surface area contributed by atoms with Crippen molar-refractivity contribution in [2.75, 3.05) is 5.73 Å². The molecule has 104 valence electrons. The van der Waals surface area contributed by atoms with Crippen LogP contribution in [0.3, 0.4) is 0 Å². The number of hydrogen-bond acceptors (Lipinski definition) is 4. The second-order valence-electron chi connectivity index (χ2n) is 5.42. The summed E-state index contributed by atoms with van der Waals surface area (Å²) in [6, 6.07) is 16.0. The number of nitrogens with two attached hydrogens (primary N) is 1. The fraction of sp³-hybridized carbons (Fsp3) is 0.176. The van der Waals surface area contributed by atoms with Crippen molar-refractivity contribution in [3.05, 3.63) is 65.5 Å². The van der Waals surface area contributed by atoms with E-state index in [2.05, 4.69) is 34.4 Å². The molecule has 4 nitrogen and oxygen atoms in total. The minimum absolute atomic E-state index is 0.296. The lowest BCUT2D eigenvalue weighted by Crippen LogP contribution is -2.00. The maximum Gasteiger partial charge on any atom is 0.260 e. The molecule has 1 aliphatic rings. The van der Waals surface area contributed by atoms with Gasteiger partial charge in [-0.15, -0.1) is 0 Å². The summed E-state index contributed by atoms with van der Waals surface area (Å²) in [5.41, 5.74) is 10.2. The van der Waals surface area contributed by atoms with Gasteiger partial charge < -0.3 is 10.3 Å². The number of nitrogen functional groups attached to an aromatic ring is 1. The van der Waals surface area contributed by atoms with Crippen molar-refractivity contribution in [1.82, 2.24) is 10.1 Å². The van der Waals surface area contributed by atoms with Crippen LogP contribution in [0.2, 0.25) is 0 Å². The van der Waals surface area contributed by atoms with Gasteiger partial charge in [0.15, 0.2) is 5.82 Å². The van der Waals surface area contributed by atoms with Crippen LogP contribution in [0, 0.1) is 0 Å². The van der Waals surface area contributed by atoms with Crippen LogP contribution in [0.25, 0.3) is 11.5 Å². The van der Waals surface area contributed by atoms with Crippen LogP contribution in [-0.2, 0) is 12.8 Å². The minimum Gasteiger partial charge on any atom is -0.398 e. The molecule has 4 rings (SSSR count). The van der Waals surface area contributed by atoms with Gasteiger partial charge in [-0.3, -0.25) is 0 Å². The highest BCUT2D eigenvalue weighted by atomic mass is 16.5. The maximum absolute atomic E-state index is 5.96. The number of rotatable bonds is 2. The highest BCUT2D eigenvalue weighted by Gasteiger charge is 2.26. The van der Waals surface area contributed by atoms with Gasteiger partial charge in [0.05, 0.1) is 5.56 Å². The molecule has 0 spiro atoms. The Hall–Kier alpha value is -2.62. The van der Waals surface area contributed by atoms with Crippen LogP contribution in [0.5, 0.6) is 0 Å². The van der Waals surface area contributed by atoms with Gasteiger partial charge in [-0.1, -0.05) is 41.6 Å². The van der Waals surface area contributed by atoms with Crippen LogP contribution in [0.1, 0.15) is 22.9 Å². The van der Waals surface area contributed by atoms with Gasteiger partial charge in [-0.25, -0.2) is 0 Å². The molecule has 2 N–H and O–H groups in total. The van der Waals surface area contributed by atoms with Crippen LogP contribution in [0.4, 0.5) is 5.69 Å². The van der Waals surface area contributed by atoms with Crippen LogP contribution >= 0.6 is 0 Å². The smallest absolute Gasteiger partial charge is 0.260 e. The zero-order valence-corrected chi connectivity index (χ0v) is 11.5. The Labute approximate surface area is 122 Å². The Morgan fingerprint density at radius 2 is 1.62 bits per heavy atom. The molecule has 0 fully saturated rings. The van der Waals surface area contributed by atoms with Crippen LogP contribution in [-0.4, -0.2) is 10.1 Å². The number of aromatic nitrogens is 2. The zero-order valence-electron chi connectivity index (χ0n) is 11.5. The third-order valence-corrected chi connectivity index (χ3v) is 4.05. The molecule has 0 unspecified atom stereocenters. The van der Waals surface area contributed by atoms with Gasteiger partial charge >= 0.3 is 0 Å². The second-order valence-corrected chi connectivity index (χ2v) is 5.42. The highest BCUT2D eigenvalue weighted by Crippen LogP contribution is 2.33. The summed E-state index contributed by atoms with van der Waals surface area (Å²) in [7, 11) is 0. The van der Waals surface area contributed by atoms with Crippen molar-refractivity contribution < 1.29 is 4.52 Å². The number of benzene rings is 2. The molecule has 4 heteroatoms. The first-order valence-corrected chi connectivity index (χ1v) is 7.06. The first kappa shape index (κ1) is 12.1. The molecule has 0 amide bonds. The summed E-state index contributed by atoms with van der Waals surface area (Å²) in [5.74, 6) is 1.56. The molecule has 0 atom stereocenters. The van der Waals surface area contributed by atoms with E-state index in [0.29, 0.717) is 17.5 Å². The van der Waals surface area contributed by atoms with Crippen molar-refractivity contribution in [2.45, 2.75) is 18.8 Å². The summed E-state index contributed by atoms with van der Waals surface area (Å²) < 4.78 is 5.40. The Morgan fingerprint density at radius 1 is 0.952 bits per heavy atom. The van der Waals surface area contributed by atoms with Gasteiger partial charge in [-0.05, 0) is 36.1 Å². The lowest BCUT2D eigenvalue weighted by Gasteiger charge is -2.01. The van der Waals surface area contributed by atoms with Crippen molar-refractivity contribution in [3.63, 3.8) is 0 Å². The van der Waals surface area contributed by atoms with E-state index in [-0.39, 0.29) is 0 Å². The van der Waals surface area contributed by atoms with E-state index in [1.54, 1.807) is 0 Å². The van der Waals surface area contributed by atoms with E-state index in [4.69, 9.17) is 10.3 Å². The molecule has 1 aliphatic carbocycles. The summed E-state index contributed by atoms with van der Waals surface area (Å²) in [5, 5.41) is 4.16. The normalized spacial score (nSPS) is 14.3. The number of hydrogen-bond donors (Lipinski definition) is 1. The molecule has 3 aromatic rings. The molecular weight excluding hydrogens is 262 g/mol. The zero-order chi connectivity index (χ0) is 14.2. The largest absolute Gasteiger partial charge is 0.398 e. The second kappa shape index (κ2) is 4.74. The summed E-state index contributed by atoms with van der Waals surface area (Å²) >= 11 is 0. The molecule has 0 saturated carbocycles. The van der Waals surface area contributed by atoms with E-state index in [1.807, 2.05) is 24.3 Å². The Bertz CT molecular complexity index is 769. The SMILES string of the molecule is Nc1ccccc1-c1nc(C2Cc3ccccc3C2)no1. The van der Waals surface area contributed by atoms with Crippen molar-refractivity contribution >= 4 is 5.69 Å². The fourth-order valence-corrected chi connectivity index (χ4v) is 2.94. The Kier molecular flexibility index (Phi) is 2.74. The minimum atomic E-state index is 0.296.